The molecule has 0 saturated carbocycles. The van der Waals surface area contributed by atoms with Crippen molar-refractivity contribution in [2.24, 2.45) is 0 Å². The Morgan fingerprint density at radius 3 is 2.68 bits per heavy atom. The normalized spacial score (nSPS) is 16.2. The van der Waals surface area contributed by atoms with Gasteiger partial charge in [-0.25, -0.2) is 0 Å². The summed E-state index contributed by atoms with van der Waals surface area (Å²) in [5.41, 5.74) is 1.49. The van der Waals surface area contributed by atoms with Crippen molar-refractivity contribution >= 4 is 28.2 Å². The van der Waals surface area contributed by atoms with Crippen molar-refractivity contribution < 1.29 is 14.2 Å². The topological polar surface area (TPSA) is 54.7 Å². The molecule has 0 bridgehead atoms. The number of hydrogen-bond donors (Lipinski definition) is 0. The van der Waals surface area contributed by atoms with Crippen molar-refractivity contribution in [3.05, 3.63) is 27.3 Å². The van der Waals surface area contributed by atoms with E-state index in [1.807, 2.05) is 18.2 Å². The molecule has 1 aromatic rings. The quantitative estimate of drug-likeness (QED) is 0.548. The molecule has 1 heterocycles. The number of benzene rings is 1. The number of allylic oxidation sites excluding steroid dienone is 1. The molecule has 1 fully saturated rings. The molecule has 0 unspecified atom stereocenters. The van der Waals surface area contributed by atoms with Gasteiger partial charge >= 0.3 is 0 Å². The predicted octanol–water partition coefficient (Wildman–Crippen LogP) is 2.55. The highest BCUT2D eigenvalue weighted by Crippen LogP contribution is 2.35. The van der Waals surface area contributed by atoms with Crippen LogP contribution in [0.15, 0.2) is 18.2 Å². The summed E-state index contributed by atoms with van der Waals surface area (Å²) in [4.78, 5) is 2.27. The standard InChI is InChI=1S/C16H19IN2O3/c1-20-15-10-13(9-14(17)16(15)21-2)12(11-18)3-4-19-5-7-22-8-6-19/h3,9-10H,4-8H2,1-2H3. The van der Waals surface area contributed by atoms with E-state index in [2.05, 4.69) is 33.6 Å². The van der Waals surface area contributed by atoms with E-state index < -0.39 is 0 Å². The molecule has 2 rings (SSSR count). The molecule has 0 amide bonds. The van der Waals surface area contributed by atoms with E-state index in [0.29, 0.717) is 17.1 Å². The molecule has 1 aliphatic rings. The van der Waals surface area contributed by atoms with Gasteiger partial charge < -0.3 is 14.2 Å². The van der Waals surface area contributed by atoms with Crippen LogP contribution >= 0.6 is 22.6 Å². The average molecular weight is 414 g/mol. The average Bonchev–Trinajstić information content (AvgIpc) is 2.55. The number of halogens is 1. The fourth-order valence-electron chi connectivity index (χ4n) is 2.31. The first-order chi connectivity index (χ1) is 10.7. The number of hydrogen-bond acceptors (Lipinski definition) is 5. The zero-order chi connectivity index (χ0) is 15.9. The minimum atomic E-state index is 0.636. The Morgan fingerprint density at radius 1 is 1.36 bits per heavy atom. The molecule has 0 spiro atoms. The molecule has 118 valence electrons. The molecule has 22 heavy (non-hydrogen) atoms. The zero-order valence-electron chi connectivity index (χ0n) is 12.8. The molecule has 5 nitrogen and oxygen atoms in total. The lowest BCUT2D eigenvalue weighted by atomic mass is 10.1. The molecular formula is C16H19IN2O3. The Hall–Kier alpha value is -1.30. The van der Waals surface area contributed by atoms with Crippen LogP contribution in [0.2, 0.25) is 0 Å². The lowest BCUT2D eigenvalue weighted by Gasteiger charge is -2.25. The fourth-order valence-corrected chi connectivity index (χ4v) is 3.13. The lowest BCUT2D eigenvalue weighted by molar-refractivity contribution is 0.0435. The van der Waals surface area contributed by atoms with Crippen molar-refractivity contribution in [1.29, 1.82) is 5.26 Å². The first-order valence-electron chi connectivity index (χ1n) is 7.01. The summed E-state index contributed by atoms with van der Waals surface area (Å²) in [6.45, 7) is 4.06. The number of nitriles is 1. The number of ether oxygens (including phenoxy) is 3. The summed E-state index contributed by atoms with van der Waals surface area (Å²) >= 11 is 2.19. The second-order valence-corrected chi connectivity index (χ2v) is 6.00. The fraction of sp³-hybridized carbons (Fsp3) is 0.438. The first-order valence-corrected chi connectivity index (χ1v) is 8.09. The van der Waals surface area contributed by atoms with E-state index >= 15 is 0 Å². The van der Waals surface area contributed by atoms with Gasteiger partial charge in [0, 0.05) is 19.6 Å². The SMILES string of the molecule is COc1cc(C(C#N)=CCN2CCOCC2)cc(I)c1OC. The molecule has 0 N–H and O–H groups in total. The summed E-state index contributed by atoms with van der Waals surface area (Å²) in [6, 6.07) is 6.06. The Morgan fingerprint density at radius 2 is 2.09 bits per heavy atom. The van der Waals surface area contributed by atoms with Gasteiger partial charge in [-0.2, -0.15) is 5.26 Å². The molecule has 0 atom stereocenters. The molecular weight excluding hydrogens is 395 g/mol. The van der Waals surface area contributed by atoms with E-state index in [9.17, 15) is 5.26 Å². The van der Waals surface area contributed by atoms with Gasteiger partial charge in [-0.15, -0.1) is 0 Å². The Bertz CT molecular complexity index is 590. The second-order valence-electron chi connectivity index (χ2n) is 4.84. The van der Waals surface area contributed by atoms with Gasteiger partial charge in [0.05, 0.1) is 42.6 Å². The highest BCUT2D eigenvalue weighted by Gasteiger charge is 2.14. The molecule has 0 aliphatic carbocycles. The summed E-state index contributed by atoms with van der Waals surface area (Å²) in [5, 5.41) is 9.45. The predicted molar refractivity (Wildman–Crippen MR) is 93.1 cm³/mol. The van der Waals surface area contributed by atoms with Gasteiger partial charge in [-0.05, 0) is 40.3 Å². The van der Waals surface area contributed by atoms with Crippen LogP contribution in [0.3, 0.4) is 0 Å². The second kappa shape index (κ2) is 8.36. The first kappa shape index (κ1) is 17.1. The van der Waals surface area contributed by atoms with E-state index in [1.165, 1.54) is 0 Å². The molecule has 0 radical (unpaired) electrons. The highest BCUT2D eigenvalue weighted by atomic mass is 127. The van der Waals surface area contributed by atoms with Crippen LogP contribution in [-0.4, -0.2) is 52.0 Å². The van der Waals surface area contributed by atoms with Gasteiger partial charge in [-0.3, -0.25) is 4.90 Å². The number of methoxy groups -OCH3 is 2. The van der Waals surface area contributed by atoms with E-state index in [4.69, 9.17) is 14.2 Å². The Labute approximate surface area is 144 Å². The summed E-state index contributed by atoms with van der Waals surface area (Å²) in [6.07, 6.45) is 1.96. The van der Waals surface area contributed by atoms with Gasteiger partial charge in [0.2, 0.25) is 0 Å². The van der Waals surface area contributed by atoms with Crippen LogP contribution in [0.5, 0.6) is 11.5 Å². The van der Waals surface area contributed by atoms with Crippen LogP contribution in [0, 0.1) is 14.9 Å². The number of morpholine rings is 1. The Balaban J connectivity index is 2.23. The minimum absolute atomic E-state index is 0.636. The molecule has 1 aromatic carbocycles. The van der Waals surface area contributed by atoms with Crippen LogP contribution in [0.4, 0.5) is 0 Å². The third-order valence-corrected chi connectivity index (χ3v) is 4.32. The van der Waals surface area contributed by atoms with E-state index in [1.54, 1.807) is 14.2 Å². The summed E-state index contributed by atoms with van der Waals surface area (Å²) < 4.78 is 16.9. The van der Waals surface area contributed by atoms with Crippen LogP contribution in [-0.2, 0) is 4.74 Å². The smallest absolute Gasteiger partial charge is 0.174 e. The maximum Gasteiger partial charge on any atom is 0.174 e. The third kappa shape index (κ3) is 4.12. The zero-order valence-corrected chi connectivity index (χ0v) is 14.9. The monoisotopic (exact) mass is 414 g/mol. The van der Waals surface area contributed by atoms with Crippen LogP contribution in [0.1, 0.15) is 5.56 Å². The third-order valence-electron chi connectivity index (χ3n) is 3.52. The van der Waals surface area contributed by atoms with Crippen molar-refractivity contribution in [3.8, 4) is 17.6 Å². The van der Waals surface area contributed by atoms with Crippen molar-refractivity contribution in [1.82, 2.24) is 4.90 Å². The lowest BCUT2D eigenvalue weighted by Crippen LogP contribution is -2.36. The Kier molecular flexibility index (Phi) is 6.49. The summed E-state index contributed by atoms with van der Waals surface area (Å²) in [5.74, 6) is 1.33. The number of nitrogens with zero attached hydrogens (tertiary/aromatic N) is 2. The molecule has 1 saturated heterocycles. The van der Waals surface area contributed by atoms with Gasteiger partial charge in [-0.1, -0.05) is 6.08 Å². The van der Waals surface area contributed by atoms with Gasteiger partial charge in [0.25, 0.3) is 0 Å². The van der Waals surface area contributed by atoms with Crippen LogP contribution in [0.25, 0.3) is 5.57 Å². The van der Waals surface area contributed by atoms with Crippen molar-refractivity contribution in [3.63, 3.8) is 0 Å². The summed E-state index contributed by atoms with van der Waals surface area (Å²) in [7, 11) is 3.21. The van der Waals surface area contributed by atoms with Gasteiger partial charge in [0.15, 0.2) is 11.5 Å². The molecule has 1 aliphatic heterocycles. The molecule has 0 aromatic heterocycles. The minimum Gasteiger partial charge on any atom is -0.493 e. The van der Waals surface area contributed by atoms with Crippen molar-refractivity contribution in [2.75, 3.05) is 47.1 Å². The number of rotatable bonds is 5. The van der Waals surface area contributed by atoms with E-state index in [0.717, 1.165) is 42.0 Å². The van der Waals surface area contributed by atoms with E-state index in [-0.39, 0.29) is 0 Å². The van der Waals surface area contributed by atoms with Crippen molar-refractivity contribution in [2.45, 2.75) is 0 Å². The largest absolute Gasteiger partial charge is 0.493 e. The maximum absolute atomic E-state index is 9.45. The van der Waals surface area contributed by atoms with Crippen LogP contribution < -0.4 is 9.47 Å². The maximum atomic E-state index is 9.45. The van der Waals surface area contributed by atoms with Gasteiger partial charge in [0.1, 0.15) is 0 Å². The highest BCUT2D eigenvalue weighted by molar-refractivity contribution is 14.1. The molecule has 6 heteroatoms.